The predicted molar refractivity (Wildman–Crippen MR) is 284 cm³/mol. The third-order valence-corrected chi connectivity index (χ3v) is 14.7. The van der Waals surface area contributed by atoms with Crippen molar-refractivity contribution in [1.82, 2.24) is 0 Å². The van der Waals surface area contributed by atoms with Crippen LogP contribution in [-0.4, -0.2) is 0 Å². The lowest BCUT2D eigenvalue weighted by atomic mass is 9.91. The molecule has 0 spiro atoms. The van der Waals surface area contributed by atoms with Crippen molar-refractivity contribution in [3.8, 4) is 0 Å². The highest BCUT2D eigenvalue weighted by atomic mass is 14.1. The fourth-order valence-corrected chi connectivity index (χ4v) is 10.5. The quantitative estimate of drug-likeness (QED) is 0.0582. The van der Waals surface area contributed by atoms with Gasteiger partial charge in [0.25, 0.3) is 0 Å². The van der Waals surface area contributed by atoms with Gasteiger partial charge in [0, 0.05) is 0 Å². The van der Waals surface area contributed by atoms with Gasteiger partial charge in [-0.3, -0.25) is 0 Å². The molecule has 2 rings (SSSR count). The van der Waals surface area contributed by atoms with Gasteiger partial charge in [0.05, 0.1) is 0 Å². The van der Waals surface area contributed by atoms with Gasteiger partial charge < -0.3 is 0 Å². The molecule has 0 aliphatic carbocycles. The molecule has 0 aromatic heterocycles. The van der Waals surface area contributed by atoms with Crippen LogP contribution in [-0.2, 0) is 12.8 Å². The maximum atomic E-state index is 2.48. The Morgan fingerprint density at radius 1 is 0.226 bits per heavy atom. The maximum absolute atomic E-state index is 2.48. The van der Waals surface area contributed by atoms with Gasteiger partial charge in [0.15, 0.2) is 0 Å². The molecule has 0 nitrogen and oxygen atoms in total. The predicted octanol–water partition coefficient (Wildman–Crippen LogP) is 22.7. The van der Waals surface area contributed by atoms with Crippen LogP contribution in [0.4, 0.5) is 0 Å². The summed E-state index contributed by atoms with van der Waals surface area (Å²) in [4.78, 5) is 0. The topological polar surface area (TPSA) is 0 Å². The van der Waals surface area contributed by atoms with Crippen molar-refractivity contribution in [1.29, 1.82) is 0 Å². The van der Waals surface area contributed by atoms with Crippen LogP contribution in [0.25, 0.3) is 10.8 Å². The van der Waals surface area contributed by atoms with Gasteiger partial charge in [0.1, 0.15) is 0 Å². The van der Waals surface area contributed by atoms with Gasteiger partial charge in [-0.1, -0.05) is 346 Å². The summed E-state index contributed by atoms with van der Waals surface area (Å²) in [7, 11) is 0. The number of rotatable bonds is 50. The zero-order chi connectivity index (χ0) is 43.9. The SMILES string of the molecule is CCCCCCCCCCCCCCCCCCCCCCCCCCc1ccc2ccccc2c1CCCCCCCCCCCCCCCCCCCCCCCCCC. The van der Waals surface area contributed by atoms with Gasteiger partial charge >= 0.3 is 0 Å². The molecule has 0 fully saturated rings. The molecule has 2 aromatic carbocycles. The van der Waals surface area contributed by atoms with E-state index in [1.54, 1.807) is 11.1 Å². The average molecular weight is 858 g/mol. The lowest BCUT2D eigenvalue weighted by molar-refractivity contribution is 0.516. The lowest BCUT2D eigenvalue weighted by Gasteiger charge is -2.14. The molecule has 0 atom stereocenters. The van der Waals surface area contributed by atoms with Crippen molar-refractivity contribution in [3.05, 3.63) is 47.5 Å². The van der Waals surface area contributed by atoms with Crippen LogP contribution in [0, 0.1) is 0 Å². The van der Waals surface area contributed by atoms with Crippen molar-refractivity contribution >= 4 is 10.8 Å². The first-order valence-corrected chi connectivity index (χ1v) is 29.4. The largest absolute Gasteiger partial charge is 0.0654 e. The number of unbranched alkanes of at least 4 members (excludes halogenated alkanes) is 46. The van der Waals surface area contributed by atoms with Gasteiger partial charge in [-0.05, 0) is 47.6 Å². The van der Waals surface area contributed by atoms with Crippen molar-refractivity contribution in [2.24, 2.45) is 0 Å². The van der Waals surface area contributed by atoms with E-state index in [1.165, 1.54) is 332 Å². The Bertz CT molecular complexity index is 1160. The van der Waals surface area contributed by atoms with Crippen LogP contribution in [0.3, 0.4) is 0 Å². The molecular formula is C62H112. The van der Waals surface area contributed by atoms with Gasteiger partial charge in [-0.25, -0.2) is 0 Å². The number of fused-ring (bicyclic) bond motifs is 1. The third kappa shape index (κ3) is 35.0. The molecule has 0 N–H and O–H groups in total. The monoisotopic (exact) mass is 857 g/mol. The van der Waals surface area contributed by atoms with E-state index in [-0.39, 0.29) is 0 Å². The first kappa shape index (κ1) is 56.8. The highest BCUT2D eigenvalue weighted by Gasteiger charge is 2.08. The van der Waals surface area contributed by atoms with E-state index in [0.717, 1.165) is 0 Å². The molecule has 2 aromatic rings. The van der Waals surface area contributed by atoms with Crippen LogP contribution in [0.5, 0.6) is 0 Å². The number of hydrogen-bond acceptors (Lipinski definition) is 0. The summed E-state index contributed by atoms with van der Waals surface area (Å²) in [6.45, 7) is 4.63. The molecular weight excluding hydrogens is 745 g/mol. The number of hydrogen-bond donors (Lipinski definition) is 0. The molecule has 0 aliphatic rings. The van der Waals surface area contributed by atoms with Crippen LogP contribution in [0.15, 0.2) is 36.4 Å². The van der Waals surface area contributed by atoms with E-state index in [9.17, 15) is 0 Å². The maximum Gasteiger partial charge on any atom is -0.0149 e. The molecule has 62 heavy (non-hydrogen) atoms. The standard InChI is InChI=1S/C62H112/c1-3-5-7-9-11-13-15-17-19-21-23-25-27-29-31-33-35-37-39-41-43-45-47-49-53-59-57-58-60-54-51-52-56-62(60)61(59)55-50-48-46-44-42-40-38-36-34-32-30-28-26-24-22-20-18-16-14-12-10-8-6-4-2/h51-52,54,56-58H,3-50,53,55H2,1-2H3. The highest BCUT2D eigenvalue weighted by Crippen LogP contribution is 2.27. The molecule has 0 saturated carbocycles. The second kappa shape index (κ2) is 46.2. The Hall–Kier alpha value is -1.30. The fourth-order valence-electron chi connectivity index (χ4n) is 10.5. The molecule has 0 aliphatic heterocycles. The van der Waals surface area contributed by atoms with Gasteiger partial charge in [0.2, 0.25) is 0 Å². The second-order valence-electron chi connectivity index (χ2n) is 20.7. The normalized spacial score (nSPS) is 11.7. The van der Waals surface area contributed by atoms with Gasteiger partial charge in [-0.15, -0.1) is 0 Å². The Balaban J connectivity index is 1.37. The van der Waals surface area contributed by atoms with E-state index in [4.69, 9.17) is 0 Å². The second-order valence-corrected chi connectivity index (χ2v) is 20.7. The fraction of sp³-hybridized carbons (Fsp3) is 0.839. The summed E-state index contributed by atoms with van der Waals surface area (Å²) in [6, 6.07) is 14.1. The summed E-state index contributed by atoms with van der Waals surface area (Å²) >= 11 is 0. The zero-order valence-electron chi connectivity index (χ0n) is 42.8. The minimum atomic E-state index is 1.27. The van der Waals surface area contributed by atoms with E-state index in [0.29, 0.717) is 0 Å². The summed E-state index contributed by atoms with van der Waals surface area (Å²) in [5.41, 5.74) is 3.33. The Kier molecular flexibility index (Phi) is 42.4. The first-order valence-electron chi connectivity index (χ1n) is 29.4. The number of aryl methyl sites for hydroxylation is 2. The molecule has 360 valence electrons. The third-order valence-electron chi connectivity index (χ3n) is 14.7. The molecule has 0 unspecified atom stereocenters. The summed E-state index contributed by atoms with van der Waals surface area (Å²) in [5, 5.41) is 2.97. The Labute approximate surface area is 391 Å². The summed E-state index contributed by atoms with van der Waals surface area (Å²) < 4.78 is 0. The summed E-state index contributed by atoms with van der Waals surface area (Å²) in [5.74, 6) is 0. The minimum Gasteiger partial charge on any atom is -0.0654 e. The molecule has 0 bridgehead atoms. The van der Waals surface area contributed by atoms with E-state index in [1.807, 2.05) is 0 Å². The van der Waals surface area contributed by atoms with E-state index in [2.05, 4.69) is 50.2 Å². The van der Waals surface area contributed by atoms with Crippen molar-refractivity contribution in [2.45, 2.75) is 335 Å². The number of benzene rings is 2. The van der Waals surface area contributed by atoms with Crippen molar-refractivity contribution < 1.29 is 0 Å². The molecule has 0 radical (unpaired) electrons. The first-order chi connectivity index (χ1) is 30.9. The average Bonchev–Trinajstić information content (AvgIpc) is 3.29. The zero-order valence-corrected chi connectivity index (χ0v) is 42.8. The Morgan fingerprint density at radius 2 is 0.468 bits per heavy atom. The molecule has 0 amide bonds. The van der Waals surface area contributed by atoms with Crippen LogP contribution < -0.4 is 0 Å². The van der Waals surface area contributed by atoms with Gasteiger partial charge in [-0.2, -0.15) is 0 Å². The molecule has 0 saturated heterocycles. The van der Waals surface area contributed by atoms with Crippen LogP contribution in [0.2, 0.25) is 0 Å². The van der Waals surface area contributed by atoms with Crippen molar-refractivity contribution in [2.75, 3.05) is 0 Å². The van der Waals surface area contributed by atoms with Crippen LogP contribution >= 0.6 is 0 Å². The highest BCUT2D eigenvalue weighted by molar-refractivity contribution is 5.86. The van der Waals surface area contributed by atoms with Crippen molar-refractivity contribution in [3.63, 3.8) is 0 Å². The molecule has 0 heteroatoms. The van der Waals surface area contributed by atoms with E-state index < -0.39 is 0 Å². The molecule has 0 heterocycles. The minimum absolute atomic E-state index is 1.27. The lowest BCUT2D eigenvalue weighted by Crippen LogP contribution is -1.97. The summed E-state index contributed by atoms with van der Waals surface area (Å²) in [6.07, 6.45) is 72.7. The smallest absolute Gasteiger partial charge is 0.0149 e. The van der Waals surface area contributed by atoms with E-state index >= 15 is 0 Å². The van der Waals surface area contributed by atoms with Crippen LogP contribution in [0.1, 0.15) is 333 Å². The Morgan fingerprint density at radius 3 is 0.758 bits per heavy atom.